The molecule has 2 aliphatic rings. The van der Waals surface area contributed by atoms with E-state index in [1.54, 1.807) is 0 Å². The van der Waals surface area contributed by atoms with Crippen LogP contribution in [0.2, 0.25) is 0 Å². The van der Waals surface area contributed by atoms with E-state index in [0.29, 0.717) is 0 Å². The van der Waals surface area contributed by atoms with E-state index in [4.69, 9.17) is 0 Å². The zero-order valence-electron chi connectivity index (χ0n) is 7.84. The van der Waals surface area contributed by atoms with Gasteiger partial charge in [0.05, 0.1) is 0 Å². The van der Waals surface area contributed by atoms with Crippen LogP contribution in [0.3, 0.4) is 0 Å². The van der Waals surface area contributed by atoms with Crippen LogP contribution in [0.15, 0.2) is 0 Å². The normalized spacial score (nSPS) is 24.5. The molecule has 0 bridgehead atoms. The largest absolute Gasteiger partial charge is 0.306 e. The summed E-state index contributed by atoms with van der Waals surface area (Å²) in [6.45, 7) is 8.78. The SMILES string of the molecule is CCN1CCC1.CN1CCC1. The quantitative estimate of drug-likeness (QED) is 0.559. The zero-order valence-corrected chi connectivity index (χ0v) is 7.84. The zero-order chi connectivity index (χ0) is 8.10. The Morgan fingerprint density at radius 2 is 1.45 bits per heavy atom. The van der Waals surface area contributed by atoms with Gasteiger partial charge in [-0.3, -0.25) is 0 Å². The molecule has 11 heavy (non-hydrogen) atoms. The highest BCUT2D eigenvalue weighted by Crippen LogP contribution is 2.02. The first-order valence-corrected chi connectivity index (χ1v) is 4.74. The molecule has 0 aromatic rings. The number of likely N-dealkylation sites (tertiary alicyclic amines) is 2. The van der Waals surface area contributed by atoms with E-state index in [-0.39, 0.29) is 0 Å². The summed E-state index contributed by atoms with van der Waals surface area (Å²) in [4.78, 5) is 4.74. The molecule has 2 heteroatoms. The Balaban J connectivity index is 0.000000112. The van der Waals surface area contributed by atoms with Crippen LogP contribution in [-0.4, -0.2) is 49.6 Å². The molecule has 0 aromatic heterocycles. The highest BCUT2D eigenvalue weighted by Gasteiger charge is 2.08. The molecule has 2 fully saturated rings. The fourth-order valence-corrected chi connectivity index (χ4v) is 1.17. The smallest absolute Gasteiger partial charge is 0.000665 e. The molecule has 2 rings (SSSR count). The van der Waals surface area contributed by atoms with Gasteiger partial charge < -0.3 is 9.80 Å². The topological polar surface area (TPSA) is 6.48 Å². The Kier molecular flexibility index (Phi) is 3.87. The summed E-state index contributed by atoms with van der Waals surface area (Å²) in [6, 6.07) is 0. The number of nitrogens with zero attached hydrogens (tertiary/aromatic N) is 2. The third kappa shape index (κ3) is 3.21. The van der Waals surface area contributed by atoms with Crippen molar-refractivity contribution in [2.24, 2.45) is 0 Å². The van der Waals surface area contributed by atoms with Crippen LogP contribution in [0.25, 0.3) is 0 Å². The van der Waals surface area contributed by atoms with Crippen LogP contribution in [0.5, 0.6) is 0 Å². The summed E-state index contributed by atoms with van der Waals surface area (Å²) in [5, 5.41) is 0. The van der Waals surface area contributed by atoms with Crippen molar-refractivity contribution in [1.29, 1.82) is 0 Å². The van der Waals surface area contributed by atoms with Gasteiger partial charge in [0.15, 0.2) is 0 Å². The molecule has 2 saturated heterocycles. The van der Waals surface area contributed by atoms with Gasteiger partial charge in [-0.15, -0.1) is 0 Å². The average Bonchev–Trinajstić information content (AvgIpc) is 1.83. The van der Waals surface area contributed by atoms with Gasteiger partial charge in [-0.25, -0.2) is 0 Å². The first-order chi connectivity index (χ1) is 5.33. The Hall–Kier alpha value is -0.0800. The number of hydrogen-bond donors (Lipinski definition) is 0. The van der Waals surface area contributed by atoms with E-state index in [0.717, 1.165) is 0 Å². The predicted molar refractivity (Wildman–Crippen MR) is 48.8 cm³/mol. The van der Waals surface area contributed by atoms with Gasteiger partial charge in [-0.05, 0) is 52.6 Å². The Morgan fingerprint density at radius 1 is 1.00 bits per heavy atom. The van der Waals surface area contributed by atoms with Crippen molar-refractivity contribution in [2.75, 3.05) is 39.8 Å². The molecule has 0 N–H and O–H groups in total. The molecule has 0 saturated carbocycles. The Labute approximate surface area is 70.2 Å². The van der Waals surface area contributed by atoms with Crippen LogP contribution in [0.4, 0.5) is 0 Å². The van der Waals surface area contributed by atoms with Gasteiger partial charge in [0, 0.05) is 0 Å². The maximum atomic E-state index is 2.43. The molecule has 0 aliphatic carbocycles. The van der Waals surface area contributed by atoms with Crippen molar-refractivity contribution in [3.63, 3.8) is 0 Å². The van der Waals surface area contributed by atoms with E-state index in [2.05, 4.69) is 23.8 Å². The lowest BCUT2D eigenvalue weighted by molar-refractivity contribution is 0.192. The number of hydrogen-bond acceptors (Lipinski definition) is 2. The molecule has 2 aliphatic heterocycles. The third-order valence-electron chi connectivity index (χ3n) is 2.48. The highest BCUT2D eigenvalue weighted by molar-refractivity contribution is 4.64. The molecule has 2 heterocycles. The van der Waals surface area contributed by atoms with Crippen LogP contribution in [-0.2, 0) is 0 Å². The van der Waals surface area contributed by atoms with E-state index in [1.807, 2.05) is 0 Å². The highest BCUT2D eigenvalue weighted by atomic mass is 15.2. The molecular formula is C9H20N2. The van der Waals surface area contributed by atoms with Gasteiger partial charge in [0.25, 0.3) is 0 Å². The van der Waals surface area contributed by atoms with E-state index >= 15 is 0 Å². The average molecular weight is 156 g/mol. The Morgan fingerprint density at radius 3 is 1.45 bits per heavy atom. The standard InChI is InChI=1S/C5H11N.C4H9N/c1-2-6-4-3-5-6;1-5-3-2-4-5/h2-5H2,1H3;2-4H2,1H3. The first-order valence-electron chi connectivity index (χ1n) is 4.74. The maximum absolute atomic E-state index is 2.43. The lowest BCUT2D eigenvalue weighted by Crippen LogP contribution is -2.36. The minimum atomic E-state index is 1.25. The molecule has 0 amide bonds. The second-order valence-electron chi connectivity index (χ2n) is 3.44. The molecule has 66 valence electrons. The Bertz CT molecular complexity index is 93.0. The van der Waals surface area contributed by atoms with Crippen molar-refractivity contribution in [1.82, 2.24) is 9.80 Å². The van der Waals surface area contributed by atoms with Gasteiger partial charge in [-0.1, -0.05) is 6.92 Å². The second kappa shape index (κ2) is 4.73. The van der Waals surface area contributed by atoms with Crippen LogP contribution in [0.1, 0.15) is 19.8 Å². The molecule has 0 unspecified atom stereocenters. The maximum Gasteiger partial charge on any atom is -0.000665 e. The predicted octanol–water partition coefficient (Wildman–Crippen LogP) is 1.03. The minimum absolute atomic E-state index is 1.25. The van der Waals surface area contributed by atoms with Crippen LogP contribution in [0, 0.1) is 0 Å². The fourth-order valence-electron chi connectivity index (χ4n) is 1.17. The van der Waals surface area contributed by atoms with Crippen molar-refractivity contribution in [2.45, 2.75) is 19.8 Å². The summed E-state index contributed by atoms with van der Waals surface area (Å²) in [6.07, 6.45) is 2.84. The summed E-state index contributed by atoms with van der Waals surface area (Å²) in [5.41, 5.74) is 0. The monoisotopic (exact) mass is 156 g/mol. The minimum Gasteiger partial charge on any atom is -0.306 e. The summed E-state index contributed by atoms with van der Waals surface area (Å²) in [7, 11) is 2.14. The number of rotatable bonds is 1. The second-order valence-corrected chi connectivity index (χ2v) is 3.44. The first kappa shape index (κ1) is 9.01. The molecular weight excluding hydrogens is 136 g/mol. The molecule has 2 nitrogen and oxygen atoms in total. The lowest BCUT2D eigenvalue weighted by Gasteiger charge is -2.28. The summed E-state index contributed by atoms with van der Waals surface area (Å²) in [5.74, 6) is 0. The van der Waals surface area contributed by atoms with E-state index in [9.17, 15) is 0 Å². The molecule has 0 spiro atoms. The molecule has 0 radical (unpaired) electrons. The van der Waals surface area contributed by atoms with Gasteiger partial charge in [-0.2, -0.15) is 0 Å². The van der Waals surface area contributed by atoms with Crippen LogP contribution >= 0.6 is 0 Å². The van der Waals surface area contributed by atoms with Gasteiger partial charge >= 0.3 is 0 Å². The van der Waals surface area contributed by atoms with Gasteiger partial charge in [0.2, 0.25) is 0 Å². The summed E-state index contributed by atoms with van der Waals surface area (Å²) >= 11 is 0. The van der Waals surface area contributed by atoms with Crippen molar-refractivity contribution >= 4 is 0 Å². The van der Waals surface area contributed by atoms with E-state index < -0.39 is 0 Å². The van der Waals surface area contributed by atoms with Crippen molar-refractivity contribution in [3.8, 4) is 0 Å². The molecule has 0 atom stereocenters. The third-order valence-corrected chi connectivity index (χ3v) is 2.48. The van der Waals surface area contributed by atoms with E-state index in [1.165, 1.54) is 45.6 Å². The lowest BCUT2D eigenvalue weighted by atomic mass is 10.2. The van der Waals surface area contributed by atoms with Gasteiger partial charge in [0.1, 0.15) is 0 Å². The van der Waals surface area contributed by atoms with Crippen molar-refractivity contribution < 1.29 is 0 Å². The van der Waals surface area contributed by atoms with Crippen molar-refractivity contribution in [3.05, 3.63) is 0 Å². The van der Waals surface area contributed by atoms with Crippen LogP contribution < -0.4 is 0 Å². The summed E-state index contributed by atoms with van der Waals surface area (Å²) < 4.78 is 0. The fraction of sp³-hybridized carbons (Fsp3) is 1.00. The molecule has 0 aromatic carbocycles.